The molecule has 11 saturated heterocycles. The lowest BCUT2D eigenvalue weighted by atomic mass is 9.89. The van der Waals surface area contributed by atoms with E-state index in [4.69, 9.17) is 0 Å². The van der Waals surface area contributed by atoms with Crippen LogP contribution < -0.4 is 34.3 Å². The lowest BCUT2D eigenvalue weighted by Crippen LogP contribution is -2.54. The summed E-state index contributed by atoms with van der Waals surface area (Å²) in [7, 11) is 8.76. The average Bonchev–Trinajstić information content (AvgIpc) is 1.77. The Kier molecular flexibility index (Phi) is 43.4. The van der Waals surface area contributed by atoms with E-state index in [-0.39, 0.29) is 7.43 Å². The average molecular weight is 1920 g/mol. The first-order valence-corrected chi connectivity index (χ1v) is 54.6. The van der Waals surface area contributed by atoms with Gasteiger partial charge in [0.1, 0.15) is 0 Å². The monoisotopic (exact) mass is 1920 g/mol. The topological polar surface area (TPSA) is 80.9 Å². The van der Waals surface area contributed by atoms with Gasteiger partial charge in [0.05, 0.1) is 0 Å². The number of likely N-dealkylation sites (N-methyl/N-ethyl adjacent to an activating group) is 3. The molecule has 0 spiro atoms. The number of hydrogen-bond donors (Lipinski definition) is 0. The number of nitrogens with zero attached hydrogens (tertiary/aromatic N) is 19. The highest BCUT2D eigenvalue weighted by Gasteiger charge is 2.35. The molecule has 2 aliphatic carbocycles. The molecule has 19 nitrogen and oxygen atoms in total. The van der Waals surface area contributed by atoms with Crippen molar-refractivity contribution in [1.29, 1.82) is 0 Å². The van der Waals surface area contributed by atoms with Gasteiger partial charge >= 0.3 is 0 Å². The Labute approximate surface area is 856 Å². The summed E-state index contributed by atoms with van der Waals surface area (Å²) in [6, 6.07) is 76.3. The van der Waals surface area contributed by atoms with Gasteiger partial charge in [-0.05, 0) is 297 Å². The van der Waals surface area contributed by atoms with Crippen LogP contribution in [0.5, 0.6) is 0 Å². The number of likely N-dealkylation sites (tertiary alicyclic amines) is 1. The van der Waals surface area contributed by atoms with E-state index in [0.29, 0.717) is 12.1 Å². The maximum atomic E-state index is 4.32. The standard InChI is InChI=1S/2C15H22N2.2C14H20N2.C14H22N2.2C13H20N2.C13H19N.C10H16N4.CH4/c1-13-5-7-15(8-6-13)17-11-9-16(10-12-17)14-3-2-4-14;1-13-5-7-14(8-6-13)17-11-10-16-9-3-2-4-15(16)12-17;1-12-2-4-13(5-3-12)15-8-10-16(11-9-15)14-6-7-14;1-12-4-6-13(7-5-12)16-10-9-15-8-2-3-14(15)11-16;1-12(2)15-8-10-16(11-9-15)14-6-4-13(3)5-7-14;1-11-4-6-13(7-5-11)15-9-8-14(3)12(2)10-15;1-12-3-5-13(6-4-12)11-15-9-7-14(2)8-10-15;1-11-3-5-12(6-4-11)13-7-9-14(2)10-8-13;1-9-7-11-10(12-8-9)14-5-3-13(2)4-6-14;/h5-8,14H,2-4,9-12H2,1H3;5-8,15H,2-4,9-12H2,1H3;2-5,14H,6-11H2,1H3;4-7,14H,2-3,8-11H2,1H3;4-7,12H,8-11H2,1-3H3;4-7,12H,8-10H2,1-3H3;3-6H,7-11H2,1-2H3;3-6,13H,7-10H2,1-2H3;7-8H,3-6H2,1-2H3;1H4. The number of fused-ring (bicyclic) bond motifs is 2. The molecule has 19 heteroatoms. The first-order valence-electron chi connectivity index (χ1n) is 54.6. The third-order valence-corrected chi connectivity index (χ3v) is 32.0. The number of piperazine rings is 8. The minimum Gasteiger partial charge on any atom is -0.369 e. The highest BCUT2D eigenvalue weighted by Crippen LogP contribution is 2.34. The maximum absolute atomic E-state index is 4.32. The van der Waals surface area contributed by atoms with E-state index in [1.165, 1.54) is 324 Å². The molecule has 768 valence electrons. The number of aryl methyl sites for hydroxylation is 9. The minimum absolute atomic E-state index is 0. The summed E-state index contributed by atoms with van der Waals surface area (Å²) >= 11 is 0. The Morgan fingerprint density at radius 2 is 0.567 bits per heavy atom. The van der Waals surface area contributed by atoms with E-state index in [1.807, 2.05) is 19.3 Å². The van der Waals surface area contributed by atoms with Gasteiger partial charge in [-0.15, -0.1) is 0 Å². The number of anilines is 7. The van der Waals surface area contributed by atoms with E-state index in [2.05, 4.69) is 392 Å². The molecule has 8 aromatic carbocycles. The van der Waals surface area contributed by atoms with Gasteiger partial charge in [0, 0.05) is 279 Å². The Balaban J connectivity index is 0.000000133. The molecule has 13 aliphatic rings. The van der Waals surface area contributed by atoms with Crippen LogP contribution in [-0.4, -0.2) is 339 Å². The van der Waals surface area contributed by atoms with E-state index in [0.717, 1.165) is 107 Å². The smallest absolute Gasteiger partial charge is 0.225 e. The lowest BCUT2D eigenvalue weighted by molar-refractivity contribution is 0.120. The molecule has 141 heavy (non-hydrogen) atoms. The van der Waals surface area contributed by atoms with E-state index in [9.17, 15) is 0 Å². The van der Waals surface area contributed by atoms with Gasteiger partial charge in [0.25, 0.3) is 0 Å². The van der Waals surface area contributed by atoms with Crippen molar-refractivity contribution in [2.75, 3.05) is 278 Å². The zero-order valence-electron chi connectivity index (χ0n) is 89.7. The highest BCUT2D eigenvalue weighted by molar-refractivity contribution is 5.53. The second-order valence-corrected chi connectivity index (χ2v) is 43.6. The second kappa shape index (κ2) is 55.9. The number of rotatable bonds is 13. The number of piperidine rings is 2. The molecule has 13 fully saturated rings. The number of aromatic nitrogens is 2. The Morgan fingerprint density at radius 3 is 0.943 bits per heavy atom. The molecule has 0 N–H and O–H groups in total. The fraction of sp³-hybridized carbons (Fsp3) is 0.574. The van der Waals surface area contributed by atoms with E-state index in [1.54, 1.807) is 0 Å². The number of hydrogen-bond acceptors (Lipinski definition) is 19. The molecule has 3 atom stereocenters. The summed E-state index contributed by atoms with van der Waals surface area (Å²) in [5.41, 5.74) is 23.2. The Hall–Kier alpha value is -8.96. The van der Waals surface area contributed by atoms with Crippen molar-refractivity contribution in [1.82, 2.24) is 59.0 Å². The van der Waals surface area contributed by atoms with Gasteiger partial charge in [-0.3, -0.25) is 29.4 Å². The highest BCUT2D eigenvalue weighted by atomic mass is 15.3. The first-order chi connectivity index (χ1) is 67.9. The Bertz CT molecular complexity index is 4790. The summed E-state index contributed by atoms with van der Waals surface area (Å²) in [5, 5.41) is 0. The van der Waals surface area contributed by atoms with E-state index >= 15 is 0 Å². The second-order valence-electron chi connectivity index (χ2n) is 43.6. The molecule has 2 saturated carbocycles. The zero-order valence-corrected chi connectivity index (χ0v) is 89.7. The van der Waals surface area contributed by atoms with Crippen LogP contribution in [0, 0.1) is 62.3 Å². The summed E-state index contributed by atoms with van der Waals surface area (Å²) in [5.74, 6) is 1.66. The number of benzene rings is 8. The molecule has 0 bridgehead atoms. The van der Waals surface area contributed by atoms with Crippen LogP contribution in [0.25, 0.3) is 0 Å². The van der Waals surface area contributed by atoms with Gasteiger partial charge in [-0.25, -0.2) is 9.97 Å². The van der Waals surface area contributed by atoms with Crippen molar-refractivity contribution < 1.29 is 0 Å². The van der Waals surface area contributed by atoms with Crippen molar-refractivity contribution in [2.45, 2.75) is 216 Å². The van der Waals surface area contributed by atoms with Crippen LogP contribution in [0.3, 0.4) is 0 Å². The molecule has 22 rings (SSSR count). The fourth-order valence-electron chi connectivity index (χ4n) is 21.5. The van der Waals surface area contributed by atoms with Crippen LogP contribution in [-0.2, 0) is 6.54 Å². The van der Waals surface area contributed by atoms with Crippen molar-refractivity contribution in [3.63, 3.8) is 0 Å². The predicted molar refractivity (Wildman–Crippen MR) is 605 cm³/mol. The van der Waals surface area contributed by atoms with Gasteiger partial charge in [-0.2, -0.15) is 0 Å². The van der Waals surface area contributed by atoms with Gasteiger partial charge in [0.15, 0.2) is 0 Å². The minimum atomic E-state index is 0. The molecular weight excluding hydrogens is 1730 g/mol. The van der Waals surface area contributed by atoms with Crippen LogP contribution >= 0.6 is 0 Å². The summed E-state index contributed by atoms with van der Waals surface area (Å²) < 4.78 is 0. The third-order valence-electron chi connectivity index (χ3n) is 32.0. The molecule has 9 aromatic rings. The summed E-state index contributed by atoms with van der Waals surface area (Å²) in [6.07, 6.45) is 20.6. The zero-order chi connectivity index (χ0) is 98.2. The van der Waals surface area contributed by atoms with Gasteiger partial charge in [0.2, 0.25) is 5.95 Å². The van der Waals surface area contributed by atoms with Crippen molar-refractivity contribution >= 4 is 40.1 Å². The molecule has 0 amide bonds. The molecule has 0 radical (unpaired) electrons. The van der Waals surface area contributed by atoms with Crippen molar-refractivity contribution in [3.8, 4) is 0 Å². The van der Waals surface area contributed by atoms with Gasteiger partial charge < -0.3 is 53.9 Å². The summed E-state index contributed by atoms with van der Waals surface area (Å²) in [4.78, 5) is 51.3. The molecule has 3 unspecified atom stereocenters. The Morgan fingerprint density at radius 1 is 0.262 bits per heavy atom. The van der Waals surface area contributed by atoms with Crippen molar-refractivity contribution in [2.24, 2.45) is 0 Å². The largest absolute Gasteiger partial charge is 0.369 e. The van der Waals surface area contributed by atoms with Crippen LogP contribution in [0.15, 0.2) is 207 Å². The lowest BCUT2D eigenvalue weighted by Gasteiger charge is -2.45. The van der Waals surface area contributed by atoms with Crippen LogP contribution in [0.2, 0.25) is 0 Å². The van der Waals surface area contributed by atoms with E-state index < -0.39 is 0 Å². The molecule has 11 aliphatic heterocycles. The van der Waals surface area contributed by atoms with Crippen molar-refractivity contribution in [3.05, 3.63) is 268 Å². The first kappa shape index (κ1) is 109. The summed E-state index contributed by atoms with van der Waals surface area (Å²) in [6.45, 7) is 66.6. The van der Waals surface area contributed by atoms with Crippen LogP contribution in [0.1, 0.15) is 172 Å². The third kappa shape index (κ3) is 34.9. The SMILES string of the molecule is C.Cc1ccc(C2CCN(C)CC2)cc1.Cc1ccc(CN2CCN(C)CC2)cc1.Cc1ccc(N2CCN(C(C)C)CC2)cc1.Cc1ccc(N2CCN(C)C(C)C2)cc1.Cc1ccc(N2CCN(C3CC3)CC2)cc1.Cc1ccc(N2CCN(C3CCC3)CC2)cc1.Cc1ccc(N2CCN3CCCC3C2)cc1.Cc1ccc(N2CCN3CCCCC3C2)cc1.Cc1cnc(N2CCN(C)CC2)nc1. The predicted octanol–water partition coefficient (Wildman–Crippen LogP) is 20.3. The normalized spacial score (nSPS) is 21.7. The maximum Gasteiger partial charge on any atom is 0.225 e. The quantitative estimate of drug-likeness (QED) is 0.110. The van der Waals surface area contributed by atoms with Crippen LogP contribution in [0.4, 0.5) is 40.1 Å². The van der Waals surface area contributed by atoms with Gasteiger partial charge in [-0.1, -0.05) is 186 Å². The molecule has 1 aromatic heterocycles. The molecule has 12 heterocycles. The molecular formula is C122H185N19. The fourth-order valence-corrected chi connectivity index (χ4v) is 21.5.